The summed E-state index contributed by atoms with van der Waals surface area (Å²) in [5, 5.41) is 10.6. The van der Waals surface area contributed by atoms with Crippen LogP contribution in [0.2, 0.25) is 0 Å². The van der Waals surface area contributed by atoms with Crippen LogP contribution in [0.4, 0.5) is 35.1 Å². The summed E-state index contributed by atoms with van der Waals surface area (Å²) in [4.78, 5) is 10.4. The summed E-state index contributed by atoms with van der Waals surface area (Å²) in [6, 6.07) is 7.33. The van der Waals surface area contributed by atoms with Crippen LogP contribution in [0.1, 0.15) is 338 Å². The van der Waals surface area contributed by atoms with Crippen LogP contribution < -0.4 is 18.9 Å². The molecule has 0 spiro atoms. The molecule has 1 aliphatic heterocycles. The van der Waals surface area contributed by atoms with E-state index in [-0.39, 0.29) is 35.2 Å². The van der Waals surface area contributed by atoms with Gasteiger partial charge in [-0.1, -0.05) is 207 Å². The molecule has 1 unspecified atom stereocenters. The van der Waals surface area contributed by atoms with Crippen LogP contribution in [-0.4, -0.2) is 51.0 Å². The van der Waals surface area contributed by atoms with Gasteiger partial charge in [0.25, 0.3) is 0 Å². The minimum absolute atomic E-state index is 0.00207. The summed E-state index contributed by atoms with van der Waals surface area (Å²) < 4.78 is 136. The lowest BCUT2D eigenvalue weighted by molar-refractivity contribution is -0.108. The normalized spacial score (nSPS) is 20.8. The van der Waals surface area contributed by atoms with Crippen LogP contribution in [0, 0.1) is 122 Å². The molecule has 7 nitrogen and oxygen atoms in total. The number of aliphatic hydroxyl groups excluding tert-OH is 1. The number of aldehydes is 1. The number of hydrogen-bond donors (Lipinski definition) is 1. The molecule has 0 radical (unpaired) electrons. The van der Waals surface area contributed by atoms with Crippen molar-refractivity contribution in [2.45, 2.75) is 333 Å². The van der Waals surface area contributed by atoms with Gasteiger partial charge in [0, 0.05) is 30.8 Å². The molecule has 5 aliphatic rings. The van der Waals surface area contributed by atoms with Crippen LogP contribution in [0.15, 0.2) is 36.4 Å². The number of allylic oxidation sites excluding steroid dienone is 1. The van der Waals surface area contributed by atoms with Crippen molar-refractivity contribution in [2.24, 2.45) is 47.3 Å². The number of unbranched alkanes of at least 4 members (excludes halogenated alkanes) is 8. The van der Waals surface area contributed by atoms with Gasteiger partial charge in [0.05, 0.1) is 32.5 Å². The van der Waals surface area contributed by atoms with E-state index in [4.69, 9.17) is 23.7 Å². The average Bonchev–Trinajstić information content (AvgIpc) is 1.28. The highest BCUT2D eigenvalue weighted by atomic mass is 19.2. The second-order valence-corrected chi connectivity index (χ2v) is 31.4. The summed E-state index contributed by atoms with van der Waals surface area (Å²) in [6.07, 6.45) is 50.8. The molecule has 1 atom stereocenters. The molecule has 0 aromatic heterocycles. The Morgan fingerprint density at radius 2 is 0.794 bits per heavy atom. The average molecular weight is 1510 g/mol. The van der Waals surface area contributed by atoms with E-state index in [1.54, 1.807) is 66.7 Å². The molecule has 0 bridgehead atoms. The van der Waals surface area contributed by atoms with Crippen molar-refractivity contribution in [1.82, 2.24) is 0 Å². The zero-order valence-corrected chi connectivity index (χ0v) is 68.3. The Morgan fingerprint density at radius 1 is 0.421 bits per heavy atom. The first-order valence-electron chi connectivity index (χ1n) is 42.4. The SMILES string of the molecule is C1CCOC1.CCCCCC1CCC(/C=C/c2c(C)cc(OCC)c(F)c2F)CC1.CCCCCC1CCC(CC(O)c2c(C)cc(OCC)c(F)c2F)CC1.CCCCCC1CCC(CC=O)CC1.CCCCCC1CCC(CCc2c(C)cc(OCC)c(F)c2F)CC1.CCOc1cc(C)cc(F)c1F. The van der Waals surface area contributed by atoms with Crippen molar-refractivity contribution >= 4 is 12.4 Å². The van der Waals surface area contributed by atoms with Crippen molar-refractivity contribution in [3.8, 4) is 23.0 Å². The largest absolute Gasteiger partial charge is 0.491 e. The predicted octanol–water partition coefficient (Wildman–Crippen LogP) is 28.0. The van der Waals surface area contributed by atoms with Gasteiger partial charge in [-0.05, 0) is 232 Å². The van der Waals surface area contributed by atoms with Gasteiger partial charge < -0.3 is 33.6 Å². The first-order chi connectivity index (χ1) is 51.6. The van der Waals surface area contributed by atoms with Crippen molar-refractivity contribution in [3.05, 3.63) is 122 Å². The summed E-state index contributed by atoms with van der Waals surface area (Å²) in [5.74, 6) is -1.23. The summed E-state index contributed by atoms with van der Waals surface area (Å²) in [5.41, 5.74) is 3.70. The third-order valence-electron chi connectivity index (χ3n) is 22.8. The first kappa shape index (κ1) is 94.2. The number of ether oxygens (including phenoxy) is 5. The molecule has 4 aliphatic carbocycles. The second kappa shape index (κ2) is 54.5. The van der Waals surface area contributed by atoms with Crippen molar-refractivity contribution in [1.29, 1.82) is 0 Å². The van der Waals surface area contributed by atoms with E-state index >= 15 is 0 Å². The highest BCUT2D eigenvalue weighted by Gasteiger charge is 2.30. The Bertz CT molecular complexity index is 3070. The molecule has 0 amide bonds. The lowest BCUT2D eigenvalue weighted by Gasteiger charge is -2.30. The molecule has 15 heteroatoms. The zero-order chi connectivity index (χ0) is 78.5. The smallest absolute Gasteiger partial charge is 0.201 e. The maximum atomic E-state index is 14.5. The Hall–Kier alpha value is -5.15. The molecular formula is C92H142F8O7. The Morgan fingerprint density at radius 3 is 1.21 bits per heavy atom. The molecule has 4 saturated carbocycles. The van der Waals surface area contributed by atoms with E-state index in [9.17, 15) is 45.0 Å². The number of aryl methyl sites for hydroxylation is 4. The molecule has 608 valence electrons. The quantitative estimate of drug-likeness (QED) is 0.0283. The third kappa shape index (κ3) is 34.6. The van der Waals surface area contributed by atoms with Gasteiger partial charge in [-0.15, -0.1) is 0 Å². The highest BCUT2D eigenvalue weighted by Crippen LogP contribution is 2.41. The molecule has 1 N–H and O–H groups in total. The number of rotatable bonds is 34. The molecule has 4 aromatic carbocycles. The molecule has 9 rings (SSSR count). The van der Waals surface area contributed by atoms with Crippen LogP contribution in [0.5, 0.6) is 23.0 Å². The number of aliphatic hydroxyl groups is 1. The lowest BCUT2D eigenvalue weighted by atomic mass is 9.77. The van der Waals surface area contributed by atoms with Gasteiger partial charge in [-0.2, -0.15) is 17.6 Å². The van der Waals surface area contributed by atoms with Crippen molar-refractivity contribution in [2.75, 3.05) is 39.6 Å². The van der Waals surface area contributed by atoms with E-state index in [1.807, 2.05) is 6.92 Å². The minimum Gasteiger partial charge on any atom is -0.491 e. The number of carbonyl (C=O) groups excluding carboxylic acids is 1. The maximum absolute atomic E-state index is 14.5. The van der Waals surface area contributed by atoms with E-state index in [0.29, 0.717) is 78.2 Å². The Labute approximate surface area is 643 Å². The van der Waals surface area contributed by atoms with Crippen molar-refractivity contribution in [3.63, 3.8) is 0 Å². The van der Waals surface area contributed by atoms with Crippen LogP contribution in [0.25, 0.3) is 6.08 Å². The molecule has 5 fully saturated rings. The van der Waals surface area contributed by atoms with Gasteiger partial charge in [0.1, 0.15) is 6.29 Å². The van der Waals surface area contributed by atoms with Crippen LogP contribution >= 0.6 is 0 Å². The van der Waals surface area contributed by atoms with E-state index in [0.717, 1.165) is 99.2 Å². The number of benzene rings is 4. The van der Waals surface area contributed by atoms with E-state index in [2.05, 4.69) is 33.8 Å². The molecule has 1 saturated heterocycles. The topological polar surface area (TPSA) is 83.5 Å². The minimum atomic E-state index is -0.994. The van der Waals surface area contributed by atoms with Crippen LogP contribution in [0.3, 0.4) is 0 Å². The zero-order valence-electron chi connectivity index (χ0n) is 68.3. The maximum Gasteiger partial charge on any atom is 0.201 e. The molecule has 4 aromatic rings. The van der Waals surface area contributed by atoms with Gasteiger partial charge in [0.15, 0.2) is 46.3 Å². The predicted molar refractivity (Wildman–Crippen MR) is 425 cm³/mol. The van der Waals surface area contributed by atoms with E-state index in [1.165, 1.54) is 205 Å². The Balaban J connectivity index is 0.000000285. The van der Waals surface area contributed by atoms with Crippen molar-refractivity contribution < 1.29 is 68.7 Å². The monoisotopic (exact) mass is 1510 g/mol. The summed E-state index contributed by atoms with van der Waals surface area (Å²) >= 11 is 0. The summed E-state index contributed by atoms with van der Waals surface area (Å²) in [6.45, 7) is 26.3. The summed E-state index contributed by atoms with van der Waals surface area (Å²) in [7, 11) is 0. The highest BCUT2D eigenvalue weighted by molar-refractivity contribution is 5.57. The fourth-order valence-corrected chi connectivity index (χ4v) is 16.3. The number of hydrogen-bond acceptors (Lipinski definition) is 7. The molecule has 1 heterocycles. The third-order valence-corrected chi connectivity index (χ3v) is 22.8. The number of carbonyl (C=O) groups is 1. The van der Waals surface area contributed by atoms with Gasteiger partial charge in [-0.3, -0.25) is 0 Å². The van der Waals surface area contributed by atoms with E-state index < -0.39 is 52.6 Å². The molecular weight excluding hydrogens is 1370 g/mol. The van der Waals surface area contributed by atoms with Crippen LogP contribution in [-0.2, 0) is 16.0 Å². The van der Waals surface area contributed by atoms with Gasteiger partial charge in [-0.25, -0.2) is 17.6 Å². The Kier molecular flexibility index (Phi) is 48.0. The van der Waals surface area contributed by atoms with Gasteiger partial charge in [0.2, 0.25) is 23.3 Å². The fourth-order valence-electron chi connectivity index (χ4n) is 16.3. The second-order valence-electron chi connectivity index (χ2n) is 31.4. The number of halogens is 8. The standard InChI is InChI=1S/C22H34F2O2.C22H34F2O.C22H32F2O.C13H24O.C9H10F2O.C4H8O/c1-4-6-7-8-16-9-11-17(12-10-16)14-18(25)20-15(3)13-19(26-5-2)21(23)22(20)24;2*1-4-6-7-8-17-9-11-18(12-10-17)13-14-19-16(3)15-20(25-5-2)22(24)21(19)23;1-2-3-4-5-12-6-8-13(9-7-12)10-11-14;1-3-12-8-5-6(2)4-7(10)9(8)11;1-2-4-5-3-1/h13,16-18,25H,4-12,14H2,1-3H3;15,17-18H,4-14H2,1-3H3;13-15,17-18H,4-12H2,1-3H3;11-13H,2-10H2,1H3;4-5H,3H2,1-2H3;1-4H2/b;;14-13+;;;. The fraction of sp³-hybridized carbons (Fsp3) is 0.707. The lowest BCUT2D eigenvalue weighted by Crippen LogP contribution is -2.18. The van der Waals surface area contributed by atoms with Gasteiger partial charge >= 0.3 is 0 Å². The first-order valence-corrected chi connectivity index (χ1v) is 42.4. The molecule has 107 heavy (non-hydrogen) atoms.